The second-order valence-electron chi connectivity index (χ2n) is 4.48. The first kappa shape index (κ1) is 15.4. The van der Waals surface area contributed by atoms with E-state index in [-0.39, 0.29) is 5.91 Å². The van der Waals surface area contributed by atoms with Gasteiger partial charge < -0.3 is 14.8 Å². The van der Waals surface area contributed by atoms with E-state index in [0.717, 1.165) is 17.0 Å². The summed E-state index contributed by atoms with van der Waals surface area (Å²) in [6, 6.07) is 10.8. The van der Waals surface area contributed by atoms with Gasteiger partial charge in [0.05, 0.1) is 19.8 Å². The fourth-order valence-corrected chi connectivity index (χ4v) is 2.33. The average molecular weight is 350 g/mol. The minimum Gasteiger partial charge on any atom is -0.497 e. The fraction of sp³-hybridized carbons (Fsp3) is 0.188. The predicted molar refractivity (Wildman–Crippen MR) is 86.4 cm³/mol. The van der Waals surface area contributed by atoms with Gasteiger partial charge in [-0.2, -0.15) is 0 Å². The Hall–Kier alpha value is -2.01. The van der Waals surface area contributed by atoms with Gasteiger partial charge in [0.2, 0.25) is 0 Å². The summed E-state index contributed by atoms with van der Waals surface area (Å²) in [4.78, 5) is 12.4. The highest BCUT2D eigenvalue weighted by Crippen LogP contribution is 2.25. The number of nitrogens with one attached hydrogen (secondary N) is 1. The lowest BCUT2D eigenvalue weighted by molar-refractivity contribution is 0.102. The topological polar surface area (TPSA) is 47.6 Å². The molecule has 4 nitrogen and oxygen atoms in total. The van der Waals surface area contributed by atoms with E-state index in [4.69, 9.17) is 9.47 Å². The quantitative estimate of drug-likeness (QED) is 0.906. The van der Waals surface area contributed by atoms with Gasteiger partial charge in [-0.25, -0.2) is 0 Å². The Balaban J connectivity index is 2.26. The molecule has 0 aromatic heterocycles. The van der Waals surface area contributed by atoms with Crippen molar-refractivity contribution in [3.8, 4) is 11.5 Å². The van der Waals surface area contributed by atoms with Crippen molar-refractivity contribution in [2.24, 2.45) is 0 Å². The molecule has 0 aliphatic heterocycles. The summed E-state index contributed by atoms with van der Waals surface area (Å²) in [6.07, 6.45) is 0. The highest BCUT2D eigenvalue weighted by Gasteiger charge is 2.13. The van der Waals surface area contributed by atoms with Gasteiger partial charge in [-0.3, -0.25) is 4.79 Å². The van der Waals surface area contributed by atoms with Crippen LogP contribution in [0.25, 0.3) is 0 Å². The zero-order valence-corrected chi connectivity index (χ0v) is 13.7. The standard InChI is InChI=1S/C16H16BrNO3/c1-10-8-11(20-2)5-7-15(10)18-16(19)13-9-12(21-3)4-6-14(13)17/h4-9H,1-3H3,(H,18,19). The van der Waals surface area contributed by atoms with Gasteiger partial charge in [0.25, 0.3) is 5.91 Å². The molecule has 0 unspecified atom stereocenters. The Morgan fingerprint density at radius 2 is 1.67 bits per heavy atom. The van der Waals surface area contributed by atoms with Gasteiger partial charge in [-0.1, -0.05) is 0 Å². The Bertz CT molecular complexity index is 671. The second-order valence-corrected chi connectivity index (χ2v) is 5.34. The largest absolute Gasteiger partial charge is 0.497 e. The van der Waals surface area contributed by atoms with Crippen molar-refractivity contribution in [1.29, 1.82) is 0 Å². The molecule has 0 bridgehead atoms. The minimum absolute atomic E-state index is 0.200. The van der Waals surface area contributed by atoms with E-state index in [1.54, 1.807) is 32.4 Å². The molecule has 0 saturated carbocycles. The fourth-order valence-electron chi connectivity index (χ4n) is 1.90. The predicted octanol–water partition coefficient (Wildman–Crippen LogP) is 4.03. The van der Waals surface area contributed by atoms with Crippen molar-refractivity contribution >= 4 is 27.5 Å². The summed E-state index contributed by atoms with van der Waals surface area (Å²) in [5.74, 6) is 1.19. The van der Waals surface area contributed by atoms with E-state index >= 15 is 0 Å². The number of benzene rings is 2. The van der Waals surface area contributed by atoms with E-state index in [1.165, 1.54) is 0 Å². The van der Waals surface area contributed by atoms with E-state index in [0.29, 0.717) is 15.8 Å². The number of methoxy groups -OCH3 is 2. The van der Waals surface area contributed by atoms with Crippen LogP contribution in [0.1, 0.15) is 15.9 Å². The molecule has 0 saturated heterocycles. The third kappa shape index (κ3) is 3.55. The third-order valence-electron chi connectivity index (χ3n) is 3.10. The maximum atomic E-state index is 12.4. The first-order chi connectivity index (χ1) is 10.0. The first-order valence-corrected chi connectivity index (χ1v) is 7.14. The van der Waals surface area contributed by atoms with E-state index in [9.17, 15) is 4.79 Å². The van der Waals surface area contributed by atoms with Crippen LogP contribution in [-0.2, 0) is 0 Å². The average Bonchev–Trinajstić information content (AvgIpc) is 2.49. The summed E-state index contributed by atoms with van der Waals surface area (Å²) in [5.41, 5.74) is 2.20. The molecule has 0 aliphatic carbocycles. The minimum atomic E-state index is -0.200. The van der Waals surface area contributed by atoms with Gasteiger partial charge in [-0.05, 0) is 64.8 Å². The van der Waals surface area contributed by atoms with Gasteiger partial charge in [-0.15, -0.1) is 0 Å². The van der Waals surface area contributed by atoms with Crippen LogP contribution in [0.15, 0.2) is 40.9 Å². The number of rotatable bonds is 4. The SMILES string of the molecule is COc1ccc(NC(=O)c2cc(OC)ccc2Br)c(C)c1. The number of anilines is 1. The number of amides is 1. The molecule has 5 heteroatoms. The number of aryl methyl sites for hydroxylation is 1. The highest BCUT2D eigenvalue weighted by molar-refractivity contribution is 9.10. The lowest BCUT2D eigenvalue weighted by atomic mass is 10.1. The number of carbonyl (C=O) groups excluding carboxylic acids is 1. The van der Waals surface area contributed by atoms with Crippen molar-refractivity contribution in [2.75, 3.05) is 19.5 Å². The monoisotopic (exact) mass is 349 g/mol. The molecule has 1 N–H and O–H groups in total. The first-order valence-electron chi connectivity index (χ1n) is 6.34. The lowest BCUT2D eigenvalue weighted by Gasteiger charge is -2.11. The molecule has 0 fully saturated rings. The highest BCUT2D eigenvalue weighted by atomic mass is 79.9. The third-order valence-corrected chi connectivity index (χ3v) is 3.79. The Labute approximate surface area is 132 Å². The van der Waals surface area contributed by atoms with Crippen LogP contribution in [0.2, 0.25) is 0 Å². The zero-order valence-electron chi connectivity index (χ0n) is 12.1. The van der Waals surface area contributed by atoms with Crippen LogP contribution in [0, 0.1) is 6.92 Å². The molecule has 2 aromatic rings. The van der Waals surface area contributed by atoms with Crippen molar-refractivity contribution < 1.29 is 14.3 Å². The number of ether oxygens (including phenoxy) is 2. The zero-order chi connectivity index (χ0) is 15.4. The molecule has 1 amide bonds. The van der Waals surface area contributed by atoms with Crippen molar-refractivity contribution in [3.05, 3.63) is 52.0 Å². The maximum absolute atomic E-state index is 12.4. The molecule has 2 rings (SSSR count). The van der Waals surface area contributed by atoms with E-state index < -0.39 is 0 Å². The number of halogens is 1. The number of hydrogen-bond acceptors (Lipinski definition) is 3. The molecule has 0 heterocycles. The van der Waals surface area contributed by atoms with Crippen molar-refractivity contribution in [1.82, 2.24) is 0 Å². The molecular weight excluding hydrogens is 334 g/mol. The summed E-state index contributed by atoms with van der Waals surface area (Å²) in [7, 11) is 3.18. The van der Waals surface area contributed by atoms with Crippen LogP contribution in [0.4, 0.5) is 5.69 Å². The summed E-state index contributed by atoms with van der Waals surface area (Å²) >= 11 is 3.38. The van der Waals surface area contributed by atoms with Crippen LogP contribution in [0.3, 0.4) is 0 Å². The van der Waals surface area contributed by atoms with E-state index in [2.05, 4.69) is 21.2 Å². The van der Waals surface area contributed by atoms with Gasteiger partial charge in [0.1, 0.15) is 11.5 Å². The van der Waals surface area contributed by atoms with Crippen molar-refractivity contribution in [3.63, 3.8) is 0 Å². The molecule has 110 valence electrons. The molecule has 21 heavy (non-hydrogen) atoms. The lowest BCUT2D eigenvalue weighted by Crippen LogP contribution is -2.13. The summed E-state index contributed by atoms with van der Waals surface area (Å²) in [5, 5.41) is 2.89. The summed E-state index contributed by atoms with van der Waals surface area (Å²) < 4.78 is 11.0. The molecule has 0 spiro atoms. The number of hydrogen-bond donors (Lipinski definition) is 1. The molecule has 0 radical (unpaired) electrons. The smallest absolute Gasteiger partial charge is 0.256 e. The van der Waals surface area contributed by atoms with Crippen molar-refractivity contribution in [2.45, 2.75) is 6.92 Å². The van der Waals surface area contributed by atoms with Gasteiger partial charge >= 0.3 is 0 Å². The van der Waals surface area contributed by atoms with Gasteiger partial charge in [0.15, 0.2) is 0 Å². The Kier molecular flexibility index (Phi) is 4.85. The summed E-state index contributed by atoms with van der Waals surface area (Å²) in [6.45, 7) is 1.92. The molecule has 2 aromatic carbocycles. The molecular formula is C16H16BrNO3. The van der Waals surface area contributed by atoms with Crippen LogP contribution < -0.4 is 14.8 Å². The van der Waals surface area contributed by atoms with Crippen LogP contribution >= 0.6 is 15.9 Å². The molecule has 0 atom stereocenters. The normalized spacial score (nSPS) is 10.1. The Morgan fingerprint density at radius 1 is 1.05 bits per heavy atom. The van der Waals surface area contributed by atoms with Gasteiger partial charge in [0, 0.05) is 10.2 Å². The van der Waals surface area contributed by atoms with Crippen LogP contribution in [-0.4, -0.2) is 20.1 Å². The van der Waals surface area contributed by atoms with E-state index in [1.807, 2.05) is 25.1 Å². The number of carbonyl (C=O) groups is 1. The second kappa shape index (κ2) is 6.63. The molecule has 0 aliphatic rings. The maximum Gasteiger partial charge on any atom is 0.256 e. The van der Waals surface area contributed by atoms with Crippen LogP contribution in [0.5, 0.6) is 11.5 Å². The Morgan fingerprint density at radius 3 is 2.29 bits per heavy atom.